The molecular weight excluding hydrogens is 670 g/mol. The van der Waals surface area contributed by atoms with Crippen molar-refractivity contribution >= 4 is 5.69 Å². The lowest BCUT2D eigenvalue weighted by atomic mass is 9.99. The number of piperidine rings is 1. The molecule has 0 amide bonds. The summed E-state index contributed by atoms with van der Waals surface area (Å²) in [6.45, 7) is 5.35. The SMILES string of the molecule is COc1cc(-c2ccc(CN(c3ccc(C)c(O)c3)C3CCN(Cc4ccnc(-c5cc(OC)c(OC)c(OC)c5)c4)CC3)cc2)cc(OC)c1OC. The zero-order valence-electron chi connectivity index (χ0n) is 31.6. The van der Waals surface area contributed by atoms with Crippen LogP contribution < -0.4 is 33.3 Å². The van der Waals surface area contributed by atoms with Crippen LogP contribution >= 0.6 is 0 Å². The minimum absolute atomic E-state index is 0.301. The Morgan fingerprint density at radius 3 is 1.74 bits per heavy atom. The average Bonchev–Trinajstić information content (AvgIpc) is 3.20. The number of rotatable bonds is 14. The number of aromatic nitrogens is 1. The number of hydrogen-bond acceptors (Lipinski definition) is 10. The van der Waals surface area contributed by atoms with Crippen LogP contribution in [0.1, 0.15) is 29.5 Å². The molecule has 0 unspecified atom stereocenters. The topological polar surface area (TPSA) is 95.0 Å². The Bertz CT molecular complexity index is 1960. The first-order valence-corrected chi connectivity index (χ1v) is 17.7. The van der Waals surface area contributed by atoms with Gasteiger partial charge in [-0.2, -0.15) is 0 Å². The predicted octanol–water partition coefficient (Wildman–Crippen LogP) is 8.15. The Morgan fingerprint density at radius 2 is 1.21 bits per heavy atom. The summed E-state index contributed by atoms with van der Waals surface area (Å²) in [6, 6.07) is 26.9. The van der Waals surface area contributed by atoms with E-state index in [1.807, 2.05) is 49.5 Å². The van der Waals surface area contributed by atoms with E-state index in [2.05, 4.69) is 57.2 Å². The van der Waals surface area contributed by atoms with Crippen LogP contribution in [-0.2, 0) is 13.1 Å². The Hall–Kier alpha value is -5.61. The highest BCUT2D eigenvalue weighted by atomic mass is 16.5. The lowest BCUT2D eigenvalue weighted by Gasteiger charge is -2.40. The highest BCUT2D eigenvalue weighted by molar-refractivity contribution is 5.72. The van der Waals surface area contributed by atoms with Crippen molar-refractivity contribution in [3.8, 4) is 62.6 Å². The summed E-state index contributed by atoms with van der Waals surface area (Å²) in [5, 5.41) is 10.7. The third-order valence-corrected chi connectivity index (χ3v) is 10.0. The number of nitrogens with zero attached hydrogens (tertiary/aromatic N) is 3. The number of aryl methyl sites for hydroxylation is 1. The molecule has 1 fully saturated rings. The van der Waals surface area contributed by atoms with Gasteiger partial charge in [-0.05, 0) is 90.0 Å². The highest BCUT2D eigenvalue weighted by Gasteiger charge is 2.26. The number of phenolic OH excluding ortho intramolecular Hbond substituents is 1. The van der Waals surface area contributed by atoms with Gasteiger partial charge in [-0.1, -0.05) is 30.3 Å². The molecule has 53 heavy (non-hydrogen) atoms. The summed E-state index contributed by atoms with van der Waals surface area (Å²) in [4.78, 5) is 9.61. The molecule has 1 aromatic heterocycles. The van der Waals surface area contributed by atoms with Crippen LogP contribution in [-0.4, -0.2) is 76.8 Å². The van der Waals surface area contributed by atoms with E-state index in [9.17, 15) is 5.11 Å². The second-order valence-electron chi connectivity index (χ2n) is 13.2. The summed E-state index contributed by atoms with van der Waals surface area (Å²) in [5.74, 6) is 3.86. The molecule has 0 bridgehead atoms. The number of anilines is 1. The van der Waals surface area contributed by atoms with E-state index >= 15 is 0 Å². The molecule has 6 rings (SSSR count). The lowest BCUT2D eigenvalue weighted by molar-refractivity contribution is 0.201. The van der Waals surface area contributed by atoms with Gasteiger partial charge in [-0.15, -0.1) is 0 Å². The van der Waals surface area contributed by atoms with Crippen LogP contribution in [0.25, 0.3) is 22.4 Å². The molecule has 5 aromatic rings. The van der Waals surface area contributed by atoms with Gasteiger partial charge in [0.25, 0.3) is 0 Å². The average molecular weight is 720 g/mol. The number of aromatic hydroxyl groups is 1. The normalized spacial score (nSPS) is 13.3. The van der Waals surface area contributed by atoms with E-state index < -0.39 is 0 Å². The van der Waals surface area contributed by atoms with Crippen molar-refractivity contribution in [1.82, 2.24) is 9.88 Å². The summed E-state index contributed by atoms with van der Waals surface area (Å²) in [5.41, 5.74) is 8.01. The van der Waals surface area contributed by atoms with Crippen molar-refractivity contribution in [2.75, 3.05) is 60.6 Å². The largest absolute Gasteiger partial charge is 0.508 e. The van der Waals surface area contributed by atoms with Crippen molar-refractivity contribution in [2.45, 2.75) is 38.9 Å². The van der Waals surface area contributed by atoms with Gasteiger partial charge >= 0.3 is 0 Å². The first-order chi connectivity index (χ1) is 25.8. The molecule has 1 aliphatic heterocycles. The van der Waals surface area contributed by atoms with Crippen molar-refractivity contribution in [1.29, 1.82) is 0 Å². The van der Waals surface area contributed by atoms with Gasteiger partial charge in [-0.3, -0.25) is 9.88 Å². The molecule has 4 aromatic carbocycles. The van der Waals surface area contributed by atoms with Crippen molar-refractivity contribution < 1.29 is 33.5 Å². The van der Waals surface area contributed by atoms with Gasteiger partial charge in [0, 0.05) is 55.7 Å². The van der Waals surface area contributed by atoms with Crippen LogP contribution in [0.2, 0.25) is 0 Å². The molecule has 2 heterocycles. The molecule has 1 aliphatic rings. The van der Waals surface area contributed by atoms with Crippen molar-refractivity contribution in [3.05, 3.63) is 102 Å². The van der Waals surface area contributed by atoms with Crippen molar-refractivity contribution in [3.63, 3.8) is 0 Å². The number of ether oxygens (including phenoxy) is 6. The Labute approximate surface area is 312 Å². The fraction of sp³-hybridized carbons (Fsp3) is 0.326. The molecule has 0 radical (unpaired) electrons. The summed E-state index contributed by atoms with van der Waals surface area (Å²) < 4.78 is 33.4. The van der Waals surface area contributed by atoms with Crippen LogP contribution in [0, 0.1) is 6.92 Å². The lowest BCUT2D eigenvalue weighted by Crippen LogP contribution is -2.44. The third-order valence-electron chi connectivity index (χ3n) is 10.0. The van der Waals surface area contributed by atoms with E-state index in [1.54, 1.807) is 42.7 Å². The first-order valence-electron chi connectivity index (χ1n) is 17.7. The maximum absolute atomic E-state index is 10.7. The van der Waals surface area contributed by atoms with E-state index in [0.29, 0.717) is 52.8 Å². The predicted molar refractivity (Wildman–Crippen MR) is 208 cm³/mol. The summed E-state index contributed by atoms with van der Waals surface area (Å²) >= 11 is 0. The maximum atomic E-state index is 10.7. The van der Waals surface area contributed by atoms with Crippen LogP contribution in [0.4, 0.5) is 5.69 Å². The Balaban J connectivity index is 1.17. The molecule has 0 spiro atoms. The van der Waals surface area contributed by atoms with E-state index in [-0.39, 0.29) is 0 Å². The molecule has 1 N–H and O–H groups in total. The summed E-state index contributed by atoms with van der Waals surface area (Å²) in [6.07, 6.45) is 3.84. The van der Waals surface area contributed by atoms with E-state index in [0.717, 1.165) is 66.1 Å². The number of methoxy groups -OCH3 is 6. The van der Waals surface area contributed by atoms with Gasteiger partial charge in [0.05, 0.1) is 48.4 Å². The smallest absolute Gasteiger partial charge is 0.203 e. The quantitative estimate of drug-likeness (QED) is 0.121. The minimum atomic E-state index is 0.301. The minimum Gasteiger partial charge on any atom is -0.508 e. The molecule has 10 nitrogen and oxygen atoms in total. The second-order valence-corrected chi connectivity index (χ2v) is 13.2. The zero-order chi connectivity index (χ0) is 37.5. The van der Waals surface area contributed by atoms with E-state index in [1.165, 1.54) is 11.1 Å². The van der Waals surface area contributed by atoms with Crippen LogP contribution in [0.15, 0.2) is 85.1 Å². The summed E-state index contributed by atoms with van der Waals surface area (Å²) in [7, 11) is 9.69. The standard InChI is InChI=1S/C43H49N3O7/c1-28-8-13-35(25-37(28)47)46(27-29-9-11-31(12-10-29)32-21-38(48-2)42(52-6)39(22-32)49-3)34-15-18-45(19-16-34)26-30-14-17-44-36(20-30)33-23-40(50-4)43(53-7)41(24-33)51-5/h8-14,17,20-25,34,47H,15-16,18-19,26-27H2,1-7H3. The number of phenols is 1. The molecule has 1 saturated heterocycles. The van der Waals surface area contributed by atoms with Gasteiger partial charge < -0.3 is 38.4 Å². The van der Waals surface area contributed by atoms with Crippen molar-refractivity contribution in [2.24, 2.45) is 0 Å². The highest BCUT2D eigenvalue weighted by Crippen LogP contribution is 2.42. The maximum Gasteiger partial charge on any atom is 0.203 e. The Kier molecular flexibility index (Phi) is 11.8. The number of likely N-dealkylation sites (tertiary alicyclic amines) is 1. The molecule has 10 heteroatoms. The molecule has 0 aliphatic carbocycles. The van der Waals surface area contributed by atoms with E-state index in [4.69, 9.17) is 28.4 Å². The number of hydrogen-bond donors (Lipinski definition) is 1. The fourth-order valence-electron chi connectivity index (χ4n) is 7.06. The second kappa shape index (κ2) is 16.8. The monoisotopic (exact) mass is 719 g/mol. The van der Waals surface area contributed by atoms with Crippen LogP contribution in [0.3, 0.4) is 0 Å². The first kappa shape index (κ1) is 37.2. The third kappa shape index (κ3) is 8.23. The van der Waals surface area contributed by atoms with Gasteiger partial charge in [0.2, 0.25) is 11.5 Å². The number of pyridine rings is 1. The zero-order valence-corrected chi connectivity index (χ0v) is 31.6. The Morgan fingerprint density at radius 1 is 0.642 bits per heavy atom. The molecule has 278 valence electrons. The van der Waals surface area contributed by atoms with Gasteiger partial charge in [0.1, 0.15) is 5.75 Å². The molecular formula is C43H49N3O7. The fourth-order valence-corrected chi connectivity index (χ4v) is 7.06. The van der Waals surface area contributed by atoms with Crippen LogP contribution in [0.5, 0.6) is 40.2 Å². The molecule has 0 atom stereocenters. The molecule has 0 saturated carbocycles. The number of benzene rings is 4. The van der Waals surface area contributed by atoms with Gasteiger partial charge in [-0.25, -0.2) is 0 Å². The van der Waals surface area contributed by atoms with Gasteiger partial charge in [0.15, 0.2) is 23.0 Å².